The smallest absolute Gasteiger partial charge is 0.205 e. The Balaban J connectivity index is 1.58. The summed E-state index contributed by atoms with van der Waals surface area (Å²) in [5, 5.41) is 13.5. The summed E-state index contributed by atoms with van der Waals surface area (Å²) < 4.78 is 0. The van der Waals surface area contributed by atoms with E-state index in [4.69, 9.17) is 0 Å². The number of anilines is 1. The van der Waals surface area contributed by atoms with E-state index in [0.717, 1.165) is 28.6 Å². The van der Waals surface area contributed by atoms with E-state index < -0.39 is 0 Å². The van der Waals surface area contributed by atoms with Crippen molar-refractivity contribution in [3.63, 3.8) is 0 Å². The molecule has 19 heavy (non-hydrogen) atoms. The predicted octanol–water partition coefficient (Wildman–Crippen LogP) is 1.50. The lowest BCUT2D eigenvalue weighted by Gasteiger charge is -2.45. The summed E-state index contributed by atoms with van der Waals surface area (Å²) in [6, 6.07) is 0.812. The molecule has 1 aromatic heterocycles. The van der Waals surface area contributed by atoms with Gasteiger partial charge < -0.3 is 10.2 Å². The van der Waals surface area contributed by atoms with Gasteiger partial charge in [0.2, 0.25) is 5.13 Å². The minimum absolute atomic E-state index is 0.812. The minimum Gasteiger partial charge on any atom is -0.363 e. The van der Waals surface area contributed by atoms with Crippen LogP contribution in [0.1, 0.15) is 24.3 Å². The molecule has 2 aliphatic rings. The Hall–Kier alpha value is -0.720. The van der Waals surface area contributed by atoms with Crippen LogP contribution in [-0.4, -0.2) is 59.8 Å². The number of hydrogen-bond donors (Lipinski definition) is 1. The van der Waals surface area contributed by atoms with Gasteiger partial charge in [0.25, 0.3) is 0 Å². The van der Waals surface area contributed by atoms with Crippen LogP contribution in [0.2, 0.25) is 0 Å². The fourth-order valence-electron chi connectivity index (χ4n) is 3.48. The van der Waals surface area contributed by atoms with Crippen LogP contribution in [0.25, 0.3) is 0 Å². The zero-order valence-corrected chi connectivity index (χ0v) is 12.6. The van der Waals surface area contributed by atoms with Crippen molar-refractivity contribution in [2.75, 3.05) is 39.0 Å². The van der Waals surface area contributed by atoms with Gasteiger partial charge in [-0.2, -0.15) is 0 Å². The molecule has 0 radical (unpaired) electrons. The molecule has 6 heteroatoms. The van der Waals surface area contributed by atoms with Gasteiger partial charge in [0.05, 0.1) is 6.54 Å². The Morgan fingerprint density at radius 2 is 2.21 bits per heavy atom. The van der Waals surface area contributed by atoms with Gasteiger partial charge in [0.1, 0.15) is 5.01 Å². The first-order valence-electron chi connectivity index (χ1n) is 7.19. The van der Waals surface area contributed by atoms with E-state index in [1.54, 1.807) is 11.3 Å². The summed E-state index contributed by atoms with van der Waals surface area (Å²) >= 11 is 1.67. The Bertz CT molecular complexity index is 421. The molecule has 2 unspecified atom stereocenters. The zero-order valence-electron chi connectivity index (χ0n) is 11.8. The average Bonchev–Trinajstić information content (AvgIpc) is 2.86. The van der Waals surface area contributed by atoms with Crippen LogP contribution in [-0.2, 0) is 6.54 Å². The first kappa shape index (κ1) is 13.3. The quantitative estimate of drug-likeness (QED) is 0.909. The number of nitrogens with zero attached hydrogens (tertiary/aromatic N) is 4. The zero-order chi connectivity index (χ0) is 13.2. The van der Waals surface area contributed by atoms with Crippen molar-refractivity contribution in [2.45, 2.75) is 31.8 Å². The van der Waals surface area contributed by atoms with Gasteiger partial charge in [-0.05, 0) is 38.8 Å². The summed E-state index contributed by atoms with van der Waals surface area (Å²) in [4.78, 5) is 5.12. The highest BCUT2D eigenvalue weighted by Gasteiger charge is 2.34. The van der Waals surface area contributed by atoms with Crippen molar-refractivity contribution in [2.24, 2.45) is 5.92 Å². The number of nitrogens with one attached hydrogen (secondary N) is 1. The van der Waals surface area contributed by atoms with Crippen molar-refractivity contribution in [3.05, 3.63) is 5.01 Å². The van der Waals surface area contributed by atoms with Gasteiger partial charge in [-0.25, -0.2) is 0 Å². The third-order valence-corrected chi connectivity index (χ3v) is 5.39. The van der Waals surface area contributed by atoms with E-state index in [1.165, 1.54) is 38.9 Å². The molecule has 3 heterocycles. The van der Waals surface area contributed by atoms with Crippen LogP contribution in [0.3, 0.4) is 0 Å². The second-order valence-corrected chi connectivity index (χ2v) is 6.79. The Kier molecular flexibility index (Phi) is 4.00. The minimum atomic E-state index is 0.812. The third kappa shape index (κ3) is 2.90. The predicted molar refractivity (Wildman–Crippen MR) is 78.5 cm³/mol. The van der Waals surface area contributed by atoms with Crippen molar-refractivity contribution in [3.8, 4) is 0 Å². The van der Waals surface area contributed by atoms with E-state index in [9.17, 15) is 0 Å². The lowest BCUT2D eigenvalue weighted by molar-refractivity contribution is 0.0354. The largest absolute Gasteiger partial charge is 0.363 e. The highest BCUT2D eigenvalue weighted by molar-refractivity contribution is 7.15. The second-order valence-electron chi connectivity index (χ2n) is 5.73. The molecule has 106 valence electrons. The molecular weight excluding hydrogens is 258 g/mol. The topological polar surface area (TPSA) is 44.3 Å². The number of rotatable bonds is 3. The molecular formula is C13H23N5S. The molecule has 2 saturated heterocycles. The highest BCUT2D eigenvalue weighted by Crippen LogP contribution is 2.30. The van der Waals surface area contributed by atoms with Gasteiger partial charge in [-0.15, -0.1) is 10.2 Å². The van der Waals surface area contributed by atoms with E-state index in [2.05, 4.69) is 32.4 Å². The molecule has 0 saturated carbocycles. The van der Waals surface area contributed by atoms with Crippen molar-refractivity contribution in [1.82, 2.24) is 20.0 Å². The number of fused-ring (bicyclic) bond motifs is 1. The molecule has 0 aliphatic carbocycles. The lowest BCUT2D eigenvalue weighted by Crippen LogP contribution is -2.52. The standard InChI is InChI=1S/C13H23N5S/c1-14-13-16-15-12(19-13)9-18-7-5-11-10(8-18)4-3-6-17(11)2/h10-11H,3-9H2,1-2H3,(H,14,16). The number of likely N-dealkylation sites (tertiary alicyclic amines) is 2. The van der Waals surface area contributed by atoms with Gasteiger partial charge in [-0.3, -0.25) is 4.90 Å². The maximum Gasteiger partial charge on any atom is 0.205 e. The van der Waals surface area contributed by atoms with Gasteiger partial charge in [0.15, 0.2) is 0 Å². The van der Waals surface area contributed by atoms with E-state index in [-0.39, 0.29) is 0 Å². The molecule has 0 bridgehead atoms. The highest BCUT2D eigenvalue weighted by atomic mass is 32.1. The van der Waals surface area contributed by atoms with Crippen molar-refractivity contribution >= 4 is 16.5 Å². The fraction of sp³-hybridized carbons (Fsp3) is 0.846. The number of hydrogen-bond acceptors (Lipinski definition) is 6. The van der Waals surface area contributed by atoms with E-state index in [0.29, 0.717) is 0 Å². The maximum atomic E-state index is 4.25. The summed E-state index contributed by atoms with van der Waals surface area (Å²) in [6.45, 7) is 4.67. The van der Waals surface area contributed by atoms with E-state index in [1.807, 2.05) is 7.05 Å². The average molecular weight is 281 g/mol. The van der Waals surface area contributed by atoms with Gasteiger partial charge in [-0.1, -0.05) is 11.3 Å². The van der Waals surface area contributed by atoms with Crippen LogP contribution in [0, 0.1) is 5.92 Å². The second kappa shape index (κ2) is 5.73. The normalized spacial score (nSPS) is 29.2. The van der Waals surface area contributed by atoms with E-state index >= 15 is 0 Å². The van der Waals surface area contributed by atoms with Crippen LogP contribution in [0.5, 0.6) is 0 Å². The molecule has 2 aliphatic heterocycles. The lowest BCUT2D eigenvalue weighted by atomic mass is 9.84. The van der Waals surface area contributed by atoms with Gasteiger partial charge in [0, 0.05) is 26.2 Å². The fourth-order valence-corrected chi connectivity index (χ4v) is 4.22. The molecule has 1 aromatic rings. The molecule has 3 rings (SSSR count). The first-order chi connectivity index (χ1) is 9.26. The molecule has 0 spiro atoms. The maximum absolute atomic E-state index is 4.25. The van der Waals surface area contributed by atoms with Crippen LogP contribution in [0.15, 0.2) is 0 Å². The van der Waals surface area contributed by atoms with Crippen LogP contribution >= 0.6 is 11.3 Å². The van der Waals surface area contributed by atoms with Gasteiger partial charge >= 0.3 is 0 Å². The SMILES string of the molecule is CNc1nnc(CN2CCC3C(CCCN3C)C2)s1. The summed E-state index contributed by atoms with van der Waals surface area (Å²) in [6.07, 6.45) is 4.05. The van der Waals surface area contributed by atoms with Crippen molar-refractivity contribution < 1.29 is 0 Å². The number of aromatic nitrogens is 2. The Morgan fingerprint density at radius 3 is 3.00 bits per heavy atom. The molecule has 1 N–H and O–H groups in total. The molecule has 0 aromatic carbocycles. The van der Waals surface area contributed by atoms with Crippen molar-refractivity contribution in [1.29, 1.82) is 0 Å². The van der Waals surface area contributed by atoms with Crippen LogP contribution in [0.4, 0.5) is 5.13 Å². The molecule has 0 amide bonds. The monoisotopic (exact) mass is 281 g/mol. The molecule has 2 fully saturated rings. The third-order valence-electron chi connectivity index (χ3n) is 4.47. The number of piperidine rings is 2. The summed E-state index contributed by atoms with van der Waals surface area (Å²) in [5.41, 5.74) is 0. The summed E-state index contributed by atoms with van der Waals surface area (Å²) in [5.74, 6) is 0.851. The first-order valence-corrected chi connectivity index (χ1v) is 8.00. The van der Waals surface area contributed by atoms with Crippen LogP contribution < -0.4 is 5.32 Å². The molecule has 5 nitrogen and oxygen atoms in total. The Morgan fingerprint density at radius 1 is 1.32 bits per heavy atom. The Labute approximate surface area is 119 Å². The summed E-state index contributed by atoms with van der Waals surface area (Å²) in [7, 11) is 4.18. The molecule has 2 atom stereocenters.